The average Bonchev–Trinajstić information content (AvgIpc) is 2.29. The molecule has 2 rings (SSSR count). The normalized spacial score (nSPS) is 10.8. The Balaban J connectivity index is 2.69. The molecule has 4 nitrogen and oxygen atoms in total. The van der Waals surface area contributed by atoms with Crippen LogP contribution in [0.1, 0.15) is 0 Å². The van der Waals surface area contributed by atoms with Crippen LogP contribution in [0.4, 0.5) is 15.8 Å². The molecule has 0 fully saturated rings. The number of nitrogen functional groups attached to an aromatic ring is 1. The summed E-state index contributed by atoms with van der Waals surface area (Å²) in [5.74, 6) is -0.426. The Morgan fingerprint density at radius 2 is 2.29 bits per heavy atom. The quantitative estimate of drug-likeness (QED) is 0.789. The first-order chi connectivity index (χ1) is 8.15. The summed E-state index contributed by atoms with van der Waals surface area (Å²) in [6.07, 6.45) is 1.59. The van der Waals surface area contributed by atoms with Crippen molar-refractivity contribution in [3.05, 3.63) is 30.2 Å². The number of likely N-dealkylation sites (N-methyl/N-ethyl adjacent to an activating group) is 1. The third-order valence-electron chi connectivity index (χ3n) is 2.67. The minimum atomic E-state index is -0.426. The van der Waals surface area contributed by atoms with Gasteiger partial charge in [-0.3, -0.25) is 4.98 Å². The highest BCUT2D eigenvalue weighted by Crippen LogP contribution is 2.31. The average molecular weight is 235 g/mol. The third-order valence-corrected chi connectivity index (χ3v) is 2.67. The van der Waals surface area contributed by atoms with Crippen LogP contribution in [0.5, 0.6) is 0 Å². The number of anilines is 2. The van der Waals surface area contributed by atoms with Crippen LogP contribution in [0.2, 0.25) is 0 Å². The molecule has 0 saturated heterocycles. The molecule has 0 aliphatic heterocycles. The van der Waals surface area contributed by atoms with Crippen molar-refractivity contribution in [2.45, 2.75) is 0 Å². The van der Waals surface area contributed by atoms with E-state index in [1.54, 1.807) is 30.3 Å². The van der Waals surface area contributed by atoms with Gasteiger partial charge in [0.25, 0.3) is 0 Å². The maximum absolute atomic E-state index is 13.9. The van der Waals surface area contributed by atoms with Gasteiger partial charge in [0.05, 0.1) is 17.8 Å². The first-order valence-corrected chi connectivity index (χ1v) is 5.30. The van der Waals surface area contributed by atoms with Crippen LogP contribution in [0.15, 0.2) is 24.4 Å². The molecule has 0 amide bonds. The van der Waals surface area contributed by atoms with Crippen molar-refractivity contribution in [3.8, 4) is 0 Å². The van der Waals surface area contributed by atoms with Crippen molar-refractivity contribution in [2.24, 2.45) is 0 Å². The Labute approximate surface area is 98.5 Å². The lowest BCUT2D eigenvalue weighted by Gasteiger charge is -2.20. The first-order valence-electron chi connectivity index (χ1n) is 5.30. The van der Waals surface area contributed by atoms with Gasteiger partial charge in [0.2, 0.25) is 0 Å². The lowest BCUT2D eigenvalue weighted by molar-refractivity contribution is 0.304. The standard InChI is InChI=1S/C12H14FN3O/c1-16(5-6-17)12-9(13)7-10(14)8-3-2-4-15-11(8)12/h2-4,7,17H,5-6,14H2,1H3. The van der Waals surface area contributed by atoms with E-state index in [2.05, 4.69) is 4.98 Å². The number of halogens is 1. The summed E-state index contributed by atoms with van der Waals surface area (Å²) in [6.45, 7) is 0.293. The molecule has 0 atom stereocenters. The van der Waals surface area contributed by atoms with Crippen molar-refractivity contribution in [3.63, 3.8) is 0 Å². The zero-order valence-electron chi connectivity index (χ0n) is 9.52. The zero-order valence-corrected chi connectivity index (χ0v) is 9.52. The van der Waals surface area contributed by atoms with E-state index in [9.17, 15) is 4.39 Å². The van der Waals surface area contributed by atoms with Crippen molar-refractivity contribution in [1.29, 1.82) is 0 Å². The molecule has 0 unspecified atom stereocenters. The molecule has 90 valence electrons. The second kappa shape index (κ2) is 4.55. The monoisotopic (exact) mass is 235 g/mol. The number of hydrogen-bond acceptors (Lipinski definition) is 4. The summed E-state index contributed by atoms with van der Waals surface area (Å²) in [6, 6.07) is 4.84. The maximum Gasteiger partial charge on any atom is 0.150 e. The summed E-state index contributed by atoms with van der Waals surface area (Å²) in [4.78, 5) is 5.79. The molecule has 0 radical (unpaired) electrons. The van der Waals surface area contributed by atoms with Crippen molar-refractivity contribution in [1.82, 2.24) is 4.98 Å². The van der Waals surface area contributed by atoms with Gasteiger partial charge in [-0.05, 0) is 18.2 Å². The number of aliphatic hydroxyl groups excluding tert-OH is 1. The van der Waals surface area contributed by atoms with E-state index in [4.69, 9.17) is 10.8 Å². The first kappa shape index (κ1) is 11.6. The molecule has 0 aliphatic rings. The molecular formula is C12H14FN3O. The molecule has 1 aromatic heterocycles. The number of fused-ring (bicyclic) bond motifs is 1. The molecule has 0 spiro atoms. The van der Waals surface area contributed by atoms with Crippen LogP contribution >= 0.6 is 0 Å². The number of aliphatic hydroxyl groups is 1. The van der Waals surface area contributed by atoms with Gasteiger partial charge in [-0.2, -0.15) is 0 Å². The Morgan fingerprint density at radius 1 is 1.53 bits per heavy atom. The van der Waals surface area contributed by atoms with Crippen LogP contribution in [0.25, 0.3) is 10.9 Å². The van der Waals surface area contributed by atoms with E-state index in [1.165, 1.54) is 6.07 Å². The highest BCUT2D eigenvalue weighted by molar-refractivity contribution is 5.98. The van der Waals surface area contributed by atoms with E-state index in [-0.39, 0.29) is 6.61 Å². The molecule has 0 aliphatic carbocycles. The fourth-order valence-electron chi connectivity index (χ4n) is 1.85. The number of benzene rings is 1. The predicted octanol–water partition coefficient (Wildman–Crippen LogP) is 1.38. The Kier molecular flexibility index (Phi) is 3.10. The SMILES string of the molecule is CN(CCO)c1c(F)cc(N)c2cccnc12. The minimum Gasteiger partial charge on any atom is -0.398 e. The number of hydrogen-bond donors (Lipinski definition) is 2. The van der Waals surface area contributed by atoms with Crippen molar-refractivity contribution in [2.75, 3.05) is 30.8 Å². The van der Waals surface area contributed by atoms with Gasteiger partial charge in [-0.1, -0.05) is 0 Å². The lowest BCUT2D eigenvalue weighted by Crippen LogP contribution is -2.23. The predicted molar refractivity (Wildman–Crippen MR) is 66.5 cm³/mol. The molecular weight excluding hydrogens is 221 g/mol. The molecule has 1 heterocycles. The highest BCUT2D eigenvalue weighted by atomic mass is 19.1. The zero-order chi connectivity index (χ0) is 12.4. The van der Waals surface area contributed by atoms with Crippen LogP contribution in [0, 0.1) is 5.82 Å². The maximum atomic E-state index is 13.9. The van der Waals surface area contributed by atoms with E-state index >= 15 is 0 Å². The number of nitrogens with zero attached hydrogens (tertiary/aromatic N) is 2. The van der Waals surface area contributed by atoms with E-state index in [0.29, 0.717) is 28.8 Å². The van der Waals surface area contributed by atoms with E-state index in [0.717, 1.165) is 0 Å². The van der Waals surface area contributed by atoms with Gasteiger partial charge in [0.1, 0.15) is 0 Å². The van der Waals surface area contributed by atoms with Gasteiger partial charge in [-0.15, -0.1) is 0 Å². The van der Waals surface area contributed by atoms with E-state index < -0.39 is 5.82 Å². The molecule has 3 N–H and O–H groups in total. The summed E-state index contributed by atoms with van der Waals surface area (Å²) >= 11 is 0. The second-order valence-electron chi connectivity index (χ2n) is 3.84. The Bertz CT molecular complexity index is 545. The lowest BCUT2D eigenvalue weighted by atomic mass is 10.1. The summed E-state index contributed by atoms with van der Waals surface area (Å²) < 4.78 is 13.9. The van der Waals surface area contributed by atoms with Gasteiger partial charge >= 0.3 is 0 Å². The highest BCUT2D eigenvalue weighted by Gasteiger charge is 2.15. The molecule has 0 saturated carbocycles. The largest absolute Gasteiger partial charge is 0.398 e. The van der Waals surface area contributed by atoms with Crippen LogP contribution in [0.3, 0.4) is 0 Å². The second-order valence-corrected chi connectivity index (χ2v) is 3.84. The summed E-state index contributed by atoms with van der Waals surface area (Å²) in [5, 5.41) is 9.62. The topological polar surface area (TPSA) is 62.4 Å². The molecule has 2 aromatic rings. The van der Waals surface area contributed by atoms with Crippen LogP contribution in [-0.4, -0.2) is 30.3 Å². The van der Waals surface area contributed by atoms with Crippen molar-refractivity contribution < 1.29 is 9.50 Å². The summed E-state index contributed by atoms with van der Waals surface area (Å²) in [5.41, 5.74) is 7.00. The number of rotatable bonds is 3. The Morgan fingerprint density at radius 3 is 3.00 bits per heavy atom. The van der Waals surface area contributed by atoms with Gasteiger partial charge in [0, 0.05) is 30.9 Å². The van der Waals surface area contributed by atoms with Gasteiger partial charge < -0.3 is 15.7 Å². The third kappa shape index (κ3) is 2.01. The van der Waals surface area contributed by atoms with Crippen LogP contribution < -0.4 is 10.6 Å². The fourth-order valence-corrected chi connectivity index (χ4v) is 1.85. The van der Waals surface area contributed by atoms with Gasteiger partial charge in [0.15, 0.2) is 5.82 Å². The number of nitrogens with two attached hydrogens (primary N) is 1. The number of pyridine rings is 1. The molecule has 5 heteroatoms. The van der Waals surface area contributed by atoms with Gasteiger partial charge in [-0.25, -0.2) is 4.39 Å². The molecule has 17 heavy (non-hydrogen) atoms. The summed E-state index contributed by atoms with van der Waals surface area (Å²) in [7, 11) is 1.71. The fraction of sp³-hybridized carbons (Fsp3) is 0.250. The van der Waals surface area contributed by atoms with E-state index in [1.807, 2.05) is 0 Å². The molecule has 0 bridgehead atoms. The Hall–Kier alpha value is -1.88. The number of aromatic nitrogens is 1. The smallest absolute Gasteiger partial charge is 0.150 e. The van der Waals surface area contributed by atoms with Crippen molar-refractivity contribution >= 4 is 22.3 Å². The molecule has 1 aromatic carbocycles. The minimum absolute atomic E-state index is 0.0470. The van der Waals surface area contributed by atoms with Crippen LogP contribution in [-0.2, 0) is 0 Å².